The minimum Gasteiger partial charge on any atom is -0.480 e. The molecule has 0 radical (unpaired) electrons. The predicted molar refractivity (Wildman–Crippen MR) is 102 cm³/mol. The Morgan fingerprint density at radius 1 is 1.31 bits per heavy atom. The molecule has 1 aliphatic heterocycles. The van der Waals surface area contributed by atoms with E-state index in [4.69, 9.17) is 11.6 Å². The Morgan fingerprint density at radius 3 is 2.81 bits per heavy atom. The highest BCUT2D eigenvalue weighted by Gasteiger charge is 2.29. The molecule has 1 aromatic carbocycles. The molecule has 3 heterocycles. The van der Waals surface area contributed by atoms with Crippen molar-refractivity contribution in [2.24, 2.45) is 5.92 Å². The van der Waals surface area contributed by atoms with Gasteiger partial charge < -0.3 is 15.0 Å². The van der Waals surface area contributed by atoms with E-state index in [0.29, 0.717) is 34.2 Å². The van der Waals surface area contributed by atoms with Crippen LogP contribution >= 0.6 is 11.6 Å². The highest BCUT2D eigenvalue weighted by atomic mass is 35.5. The summed E-state index contributed by atoms with van der Waals surface area (Å²) in [6.07, 6.45) is 1.97. The molecule has 2 aromatic heterocycles. The van der Waals surface area contributed by atoms with E-state index in [9.17, 15) is 9.90 Å². The molecule has 26 heavy (non-hydrogen) atoms. The number of Topliss-reactive ketones (excluding diaryl/α,β-unsaturated/α-hetero) is 1. The average molecular weight is 371 g/mol. The van der Waals surface area contributed by atoms with Crippen molar-refractivity contribution in [3.63, 3.8) is 0 Å². The van der Waals surface area contributed by atoms with Crippen molar-refractivity contribution in [3.8, 4) is 17.3 Å². The first-order valence-electron chi connectivity index (χ1n) is 8.68. The lowest BCUT2D eigenvalue weighted by molar-refractivity contribution is -0.119. The SMILES string of the molecule is CCC[C@@H]1CN(c2ccc(-c3nc4nc(O)[nH]c4cc3Cl)cc2)CC1=O. The Bertz CT molecular complexity index is 968. The van der Waals surface area contributed by atoms with E-state index >= 15 is 0 Å². The highest BCUT2D eigenvalue weighted by molar-refractivity contribution is 6.33. The summed E-state index contributed by atoms with van der Waals surface area (Å²) in [5, 5.41) is 9.94. The molecule has 6 nitrogen and oxygen atoms in total. The maximum atomic E-state index is 12.1. The molecule has 1 fully saturated rings. The first-order chi connectivity index (χ1) is 12.5. The van der Waals surface area contributed by atoms with Crippen LogP contribution in [0.5, 0.6) is 6.01 Å². The molecule has 0 unspecified atom stereocenters. The topological polar surface area (TPSA) is 82.1 Å². The lowest BCUT2D eigenvalue weighted by Gasteiger charge is -2.18. The first kappa shape index (κ1) is 16.8. The van der Waals surface area contributed by atoms with Crippen molar-refractivity contribution in [1.82, 2.24) is 15.0 Å². The molecule has 3 aromatic rings. The number of halogens is 1. The van der Waals surface area contributed by atoms with E-state index in [1.807, 2.05) is 24.3 Å². The third-order valence-electron chi connectivity index (χ3n) is 4.80. The molecule has 1 atom stereocenters. The van der Waals surface area contributed by atoms with Crippen LogP contribution < -0.4 is 4.90 Å². The van der Waals surface area contributed by atoms with E-state index in [-0.39, 0.29) is 11.9 Å². The van der Waals surface area contributed by atoms with Crippen LogP contribution in [-0.2, 0) is 4.79 Å². The van der Waals surface area contributed by atoms with Crippen LogP contribution in [0.25, 0.3) is 22.4 Å². The van der Waals surface area contributed by atoms with Gasteiger partial charge in [0.15, 0.2) is 11.4 Å². The number of fused-ring (bicyclic) bond motifs is 1. The molecule has 0 saturated carbocycles. The van der Waals surface area contributed by atoms with Crippen LogP contribution in [0.15, 0.2) is 30.3 Å². The molecule has 2 N–H and O–H groups in total. The summed E-state index contributed by atoms with van der Waals surface area (Å²) in [4.78, 5) is 25.3. The number of carbonyl (C=O) groups is 1. The van der Waals surface area contributed by atoms with Crippen molar-refractivity contribution in [2.75, 3.05) is 18.0 Å². The third kappa shape index (κ3) is 3.01. The number of aromatic hydroxyl groups is 1. The second-order valence-electron chi connectivity index (χ2n) is 6.63. The molecule has 7 heteroatoms. The van der Waals surface area contributed by atoms with Gasteiger partial charge in [-0.15, -0.1) is 0 Å². The maximum Gasteiger partial charge on any atom is 0.293 e. The molecule has 4 rings (SSSR count). The number of ketones is 1. The number of carbonyl (C=O) groups excluding carboxylic acids is 1. The predicted octanol–water partition coefficient (Wildman–Crippen LogP) is 3.79. The summed E-state index contributed by atoms with van der Waals surface area (Å²) in [6, 6.07) is 9.38. The van der Waals surface area contributed by atoms with Crippen LogP contribution in [0.2, 0.25) is 5.02 Å². The largest absolute Gasteiger partial charge is 0.480 e. The van der Waals surface area contributed by atoms with E-state index < -0.39 is 0 Å². The Hall–Kier alpha value is -2.60. The van der Waals surface area contributed by atoms with Gasteiger partial charge in [0.05, 0.1) is 22.8 Å². The summed E-state index contributed by atoms with van der Waals surface area (Å²) in [7, 11) is 0. The highest BCUT2D eigenvalue weighted by Crippen LogP contribution is 2.31. The summed E-state index contributed by atoms with van der Waals surface area (Å²) in [6.45, 7) is 3.36. The second kappa shape index (κ2) is 6.61. The number of benzene rings is 1. The van der Waals surface area contributed by atoms with Gasteiger partial charge in [0.25, 0.3) is 6.01 Å². The maximum absolute atomic E-state index is 12.1. The van der Waals surface area contributed by atoms with Gasteiger partial charge in [-0.3, -0.25) is 4.79 Å². The van der Waals surface area contributed by atoms with Gasteiger partial charge in [0.2, 0.25) is 0 Å². The van der Waals surface area contributed by atoms with Crippen LogP contribution in [0.1, 0.15) is 19.8 Å². The summed E-state index contributed by atoms with van der Waals surface area (Å²) < 4.78 is 0. The van der Waals surface area contributed by atoms with Crippen molar-refractivity contribution in [3.05, 3.63) is 35.4 Å². The molecule has 1 saturated heterocycles. The van der Waals surface area contributed by atoms with Crippen molar-refractivity contribution < 1.29 is 9.90 Å². The fourth-order valence-electron chi connectivity index (χ4n) is 3.48. The van der Waals surface area contributed by atoms with Crippen LogP contribution in [0.3, 0.4) is 0 Å². The molecule has 134 valence electrons. The van der Waals surface area contributed by atoms with Gasteiger partial charge in [0, 0.05) is 23.7 Å². The lowest BCUT2D eigenvalue weighted by Crippen LogP contribution is -2.19. The monoisotopic (exact) mass is 370 g/mol. The number of aromatic amines is 1. The van der Waals surface area contributed by atoms with Crippen LogP contribution in [-0.4, -0.2) is 38.9 Å². The minimum atomic E-state index is -0.184. The van der Waals surface area contributed by atoms with Gasteiger partial charge >= 0.3 is 0 Å². The Balaban J connectivity index is 1.60. The van der Waals surface area contributed by atoms with E-state index in [0.717, 1.165) is 30.6 Å². The number of hydrogen-bond acceptors (Lipinski definition) is 5. The summed E-state index contributed by atoms with van der Waals surface area (Å²) in [5.41, 5.74) is 3.50. The van der Waals surface area contributed by atoms with E-state index in [1.165, 1.54) is 0 Å². The van der Waals surface area contributed by atoms with Crippen molar-refractivity contribution in [2.45, 2.75) is 19.8 Å². The van der Waals surface area contributed by atoms with Gasteiger partial charge in [-0.05, 0) is 24.6 Å². The standard InChI is InChI=1S/C19H19ClN4O2/c1-2-3-12-9-24(10-16(12)25)13-6-4-11(5-7-13)17-14(20)8-15-18(22-17)23-19(26)21-15/h4-8,12H,2-3,9-10H2,1H3,(H2,21,22,23,26)/t12-/m1/s1. The Morgan fingerprint density at radius 2 is 2.08 bits per heavy atom. The van der Waals surface area contributed by atoms with Gasteiger partial charge in [0.1, 0.15) is 0 Å². The molecule has 0 spiro atoms. The summed E-state index contributed by atoms with van der Waals surface area (Å²) in [5.74, 6) is 0.468. The number of hydrogen-bond donors (Lipinski definition) is 2. The van der Waals surface area contributed by atoms with Gasteiger partial charge in [-0.2, -0.15) is 4.98 Å². The van der Waals surface area contributed by atoms with E-state index in [1.54, 1.807) is 6.07 Å². The van der Waals surface area contributed by atoms with Crippen LogP contribution in [0.4, 0.5) is 5.69 Å². The third-order valence-corrected chi connectivity index (χ3v) is 5.09. The molecule has 0 amide bonds. The fourth-order valence-corrected chi connectivity index (χ4v) is 3.75. The van der Waals surface area contributed by atoms with E-state index in [2.05, 4.69) is 26.8 Å². The first-order valence-corrected chi connectivity index (χ1v) is 9.06. The number of aromatic nitrogens is 3. The van der Waals surface area contributed by atoms with Crippen molar-refractivity contribution in [1.29, 1.82) is 0 Å². The van der Waals surface area contributed by atoms with Gasteiger partial charge in [-0.1, -0.05) is 37.1 Å². The lowest BCUT2D eigenvalue weighted by atomic mass is 10.0. The number of anilines is 1. The van der Waals surface area contributed by atoms with Gasteiger partial charge in [-0.25, -0.2) is 4.98 Å². The molecule has 0 aliphatic carbocycles. The molecular weight excluding hydrogens is 352 g/mol. The Labute approximate surface area is 155 Å². The van der Waals surface area contributed by atoms with Crippen molar-refractivity contribution >= 4 is 34.2 Å². The number of rotatable bonds is 4. The smallest absolute Gasteiger partial charge is 0.293 e. The molecular formula is C19H19ClN4O2. The summed E-state index contributed by atoms with van der Waals surface area (Å²) >= 11 is 6.34. The van der Waals surface area contributed by atoms with Crippen LogP contribution in [0, 0.1) is 5.92 Å². The fraction of sp³-hybridized carbons (Fsp3) is 0.316. The molecule has 1 aliphatic rings. The Kier molecular flexibility index (Phi) is 4.28. The zero-order valence-electron chi connectivity index (χ0n) is 14.4. The quantitative estimate of drug-likeness (QED) is 0.730. The average Bonchev–Trinajstić information content (AvgIpc) is 3.16. The normalized spacial score (nSPS) is 17.4. The second-order valence-corrected chi connectivity index (χ2v) is 7.04. The minimum absolute atomic E-state index is 0.144. The number of H-pyrrole nitrogens is 1. The number of imidazole rings is 1. The molecule has 0 bridgehead atoms. The zero-order chi connectivity index (χ0) is 18.3. The number of pyridine rings is 1. The number of nitrogens with zero attached hydrogens (tertiary/aromatic N) is 3. The number of nitrogens with one attached hydrogen (secondary N) is 1. The zero-order valence-corrected chi connectivity index (χ0v) is 15.1.